The summed E-state index contributed by atoms with van der Waals surface area (Å²) >= 11 is 2.52. The van der Waals surface area contributed by atoms with E-state index in [9.17, 15) is 22.0 Å². The summed E-state index contributed by atoms with van der Waals surface area (Å²) in [6.07, 6.45) is -8.16. The number of nitrogens with two attached hydrogens (primary N) is 1. The summed E-state index contributed by atoms with van der Waals surface area (Å²) in [5, 5.41) is 0. The molecule has 0 aromatic carbocycles. The van der Waals surface area contributed by atoms with Crippen molar-refractivity contribution in [1.29, 1.82) is 0 Å². The van der Waals surface area contributed by atoms with Gasteiger partial charge in [-0.05, 0) is 22.0 Å². The van der Waals surface area contributed by atoms with Gasteiger partial charge in [0.25, 0.3) is 6.43 Å². The molecule has 2 N–H and O–H groups in total. The molecule has 0 aliphatic carbocycles. The zero-order chi connectivity index (χ0) is 11.8. The maximum atomic E-state index is 12.3. The van der Waals surface area contributed by atoms with Crippen LogP contribution in [-0.2, 0) is 6.18 Å². The number of hydrogen-bond donors (Lipinski definition) is 1. The summed E-state index contributed by atoms with van der Waals surface area (Å²) in [4.78, 5) is 3.28. The van der Waals surface area contributed by atoms with Crippen LogP contribution in [-0.4, -0.2) is 4.98 Å². The second-order valence-corrected chi connectivity index (χ2v) is 3.35. The summed E-state index contributed by atoms with van der Waals surface area (Å²) in [6, 6.07) is 0.381. The van der Waals surface area contributed by atoms with Gasteiger partial charge in [-0.25, -0.2) is 13.8 Å². The quantitative estimate of drug-likeness (QED) is 0.636. The number of hydrogen-bond acceptors (Lipinski definition) is 2. The predicted octanol–water partition coefficient (Wildman–Crippen LogP) is 3.38. The average Bonchev–Trinajstić information content (AvgIpc) is 1.99. The van der Waals surface area contributed by atoms with E-state index in [-0.39, 0.29) is 0 Å². The van der Waals surface area contributed by atoms with Crippen molar-refractivity contribution < 1.29 is 22.0 Å². The predicted molar refractivity (Wildman–Crippen MR) is 46.3 cm³/mol. The number of nitrogens with zero attached hydrogens (tertiary/aromatic N) is 1. The monoisotopic (exact) mass is 290 g/mol. The largest absolute Gasteiger partial charge is 0.417 e. The van der Waals surface area contributed by atoms with Crippen molar-refractivity contribution in [3.05, 3.63) is 21.8 Å². The Bertz CT molecular complexity index is 376. The van der Waals surface area contributed by atoms with Gasteiger partial charge in [0.2, 0.25) is 0 Å². The molecule has 1 rings (SSSR count). The highest BCUT2D eigenvalue weighted by atomic mass is 79.9. The summed E-state index contributed by atoms with van der Waals surface area (Å²) in [7, 11) is 0. The molecule has 1 heterocycles. The molecule has 0 atom stereocenters. The number of pyridine rings is 1. The normalized spacial score (nSPS) is 12.2. The molecule has 2 nitrogen and oxygen atoms in total. The zero-order valence-electron chi connectivity index (χ0n) is 6.95. The van der Waals surface area contributed by atoms with Gasteiger partial charge in [0, 0.05) is 0 Å². The topological polar surface area (TPSA) is 38.9 Å². The number of aromatic nitrogens is 1. The number of rotatable bonds is 1. The Balaban J connectivity index is 3.47. The SMILES string of the molecule is Nc1cc(C(F)(F)F)c(C(F)F)c(Br)n1. The minimum absolute atomic E-state index is 0.381. The van der Waals surface area contributed by atoms with Crippen LogP contribution in [0.25, 0.3) is 0 Å². The van der Waals surface area contributed by atoms with Gasteiger partial charge in [0.15, 0.2) is 0 Å². The Morgan fingerprint density at radius 2 is 1.87 bits per heavy atom. The number of anilines is 1. The summed E-state index contributed by atoms with van der Waals surface area (Å²) in [5.41, 5.74) is 2.37. The van der Waals surface area contributed by atoms with E-state index in [0.29, 0.717) is 6.07 Å². The molecule has 15 heavy (non-hydrogen) atoms. The van der Waals surface area contributed by atoms with Crippen molar-refractivity contribution >= 4 is 21.7 Å². The number of nitrogen functional groups attached to an aromatic ring is 1. The third-order valence-electron chi connectivity index (χ3n) is 1.56. The smallest absolute Gasteiger partial charge is 0.384 e. The van der Waals surface area contributed by atoms with Crippen molar-refractivity contribution in [2.75, 3.05) is 5.73 Å². The zero-order valence-corrected chi connectivity index (χ0v) is 8.53. The fourth-order valence-corrected chi connectivity index (χ4v) is 1.58. The van der Waals surface area contributed by atoms with E-state index in [0.717, 1.165) is 0 Å². The fraction of sp³-hybridized carbons (Fsp3) is 0.286. The molecule has 1 aromatic heterocycles. The lowest BCUT2D eigenvalue weighted by Crippen LogP contribution is -2.12. The fourth-order valence-electron chi connectivity index (χ4n) is 0.985. The summed E-state index contributed by atoms with van der Waals surface area (Å²) in [6.45, 7) is 0. The first-order valence-corrected chi connectivity index (χ1v) is 4.34. The van der Waals surface area contributed by atoms with Gasteiger partial charge < -0.3 is 5.73 Å². The summed E-state index contributed by atoms with van der Waals surface area (Å²) in [5.74, 6) is -0.474. The Morgan fingerprint density at radius 3 is 2.27 bits per heavy atom. The van der Waals surface area contributed by atoms with Crippen LogP contribution in [0.5, 0.6) is 0 Å². The highest BCUT2D eigenvalue weighted by molar-refractivity contribution is 9.10. The Hall–Kier alpha value is -0.920. The van der Waals surface area contributed by atoms with E-state index >= 15 is 0 Å². The molecule has 0 aliphatic heterocycles. The molecule has 0 radical (unpaired) electrons. The Labute approximate surface area is 89.4 Å². The highest BCUT2D eigenvalue weighted by Gasteiger charge is 2.37. The van der Waals surface area contributed by atoms with Gasteiger partial charge in [0.1, 0.15) is 10.4 Å². The van der Waals surface area contributed by atoms with E-state index in [1.165, 1.54) is 0 Å². The molecule has 0 saturated heterocycles. The molecule has 0 spiro atoms. The van der Waals surface area contributed by atoms with Crippen LogP contribution in [0.2, 0.25) is 0 Å². The minimum atomic E-state index is -4.88. The second kappa shape index (κ2) is 3.92. The molecule has 0 amide bonds. The van der Waals surface area contributed by atoms with Crippen LogP contribution in [0, 0.1) is 0 Å². The van der Waals surface area contributed by atoms with Crippen molar-refractivity contribution in [2.24, 2.45) is 0 Å². The van der Waals surface area contributed by atoms with Crippen molar-refractivity contribution in [1.82, 2.24) is 4.98 Å². The van der Waals surface area contributed by atoms with Crippen molar-refractivity contribution in [3.8, 4) is 0 Å². The molecule has 0 saturated carbocycles. The first-order chi connectivity index (χ1) is 6.73. The molecule has 0 unspecified atom stereocenters. The van der Waals surface area contributed by atoms with Crippen LogP contribution in [0.4, 0.5) is 27.8 Å². The number of alkyl halides is 5. The first kappa shape index (κ1) is 12.2. The van der Waals surface area contributed by atoms with E-state index < -0.39 is 34.1 Å². The standard InChI is InChI=1S/C7H4BrF5N2/c8-5-4(6(9)10)2(7(11,12)13)1-3(14)15-5/h1,6H,(H2,14,15). The average molecular weight is 291 g/mol. The first-order valence-electron chi connectivity index (χ1n) is 3.54. The van der Waals surface area contributed by atoms with Crippen LogP contribution in [0.3, 0.4) is 0 Å². The van der Waals surface area contributed by atoms with Crippen molar-refractivity contribution in [2.45, 2.75) is 12.6 Å². The van der Waals surface area contributed by atoms with E-state index in [2.05, 4.69) is 20.9 Å². The Kier molecular flexibility index (Phi) is 3.17. The van der Waals surface area contributed by atoms with Gasteiger partial charge in [0.05, 0.1) is 11.1 Å². The van der Waals surface area contributed by atoms with E-state index in [1.54, 1.807) is 0 Å². The molecule has 0 bridgehead atoms. The highest BCUT2D eigenvalue weighted by Crippen LogP contribution is 2.39. The van der Waals surface area contributed by atoms with Crippen LogP contribution < -0.4 is 5.73 Å². The van der Waals surface area contributed by atoms with Crippen LogP contribution in [0.15, 0.2) is 10.7 Å². The maximum Gasteiger partial charge on any atom is 0.417 e. The van der Waals surface area contributed by atoms with Gasteiger partial charge in [-0.3, -0.25) is 0 Å². The molecule has 84 valence electrons. The lowest BCUT2D eigenvalue weighted by Gasteiger charge is -2.13. The van der Waals surface area contributed by atoms with Gasteiger partial charge >= 0.3 is 6.18 Å². The maximum absolute atomic E-state index is 12.3. The lowest BCUT2D eigenvalue weighted by molar-refractivity contribution is -0.139. The van der Waals surface area contributed by atoms with E-state index in [1.807, 2.05) is 0 Å². The Morgan fingerprint density at radius 1 is 1.33 bits per heavy atom. The van der Waals surface area contributed by atoms with Gasteiger partial charge in [-0.1, -0.05) is 0 Å². The minimum Gasteiger partial charge on any atom is -0.384 e. The lowest BCUT2D eigenvalue weighted by atomic mass is 10.1. The van der Waals surface area contributed by atoms with E-state index in [4.69, 9.17) is 5.73 Å². The molecular weight excluding hydrogens is 287 g/mol. The third-order valence-corrected chi connectivity index (χ3v) is 2.16. The van der Waals surface area contributed by atoms with Gasteiger partial charge in [-0.2, -0.15) is 13.2 Å². The third kappa shape index (κ3) is 2.55. The molecule has 0 fully saturated rings. The molecule has 8 heteroatoms. The molecular formula is C7H4BrF5N2. The second-order valence-electron chi connectivity index (χ2n) is 2.60. The van der Waals surface area contributed by atoms with Crippen LogP contribution in [0.1, 0.15) is 17.6 Å². The molecule has 0 aliphatic rings. The van der Waals surface area contributed by atoms with Crippen molar-refractivity contribution in [3.63, 3.8) is 0 Å². The molecule has 1 aromatic rings. The van der Waals surface area contributed by atoms with Gasteiger partial charge in [-0.15, -0.1) is 0 Å². The summed E-state index contributed by atoms with van der Waals surface area (Å²) < 4.78 is 61.1. The van der Waals surface area contributed by atoms with Crippen LogP contribution >= 0.6 is 15.9 Å². The number of halogens is 6.